The fourth-order valence-electron chi connectivity index (χ4n) is 14.0. The van der Waals surface area contributed by atoms with E-state index in [0.29, 0.717) is 48.6 Å². The number of allylic oxidation sites excluding steroid dienone is 1. The van der Waals surface area contributed by atoms with Crippen LogP contribution < -0.4 is 0 Å². The van der Waals surface area contributed by atoms with Gasteiger partial charge in [-0.05, 0) is 155 Å². The highest BCUT2D eigenvalue weighted by Crippen LogP contribution is 2.77. The molecule has 0 spiro atoms. The zero-order valence-electron chi connectivity index (χ0n) is 38.0. The quantitative estimate of drug-likeness (QED) is 0.210. The van der Waals surface area contributed by atoms with Gasteiger partial charge in [0.25, 0.3) is 0 Å². The predicted molar refractivity (Wildman–Crippen MR) is 229 cm³/mol. The summed E-state index contributed by atoms with van der Waals surface area (Å²) in [5, 5.41) is 41.5. The van der Waals surface area contributed by atoms with Crippen molar-refractivity contribution in [2.75, 3.05) is 20.6 Å². The SMILES string of the molecule is CC(C)C1=C2[C@H]3CC[C@@H]4[C@@]5(C)CC[C@H](OC(=O)CC(C)(C)C(=O)O)C(C)(C)[C@@H]5CC[C@@]4(C)[C@]3(C)CC[C@@]2([C@H](O)c2nnc(-c3ccc(C#N)cc3)n2CCN(C)C)CC1=O. The van der Waals surface area contributed by atoms with E-state index in [1.807, 2.05) is 30.8 Å². The lowest BCUT2D eigenvalue weighted by Crippen LogP contribution is -2.66. The monoisotopic (exact) mass is 824 g/mol. The number of aliphatic hydroxyl groups is 1. The van der Waals surface area contributed by atoms with Crippen LogP contribution >= 0.6 is 0 Å². The molecule has 0 saturated heterocycles. The second-order valence-electron chi connectivity index (χ2n) is 22.0. The zero-order chi connectivity index (χ0) is 44.0. The molecule has 0 bridgehead atoms. The van der Waals surface area contributed by atoms with Gasteiger partial charge in [0.1, 0.15) is 12.2 Å². The molecule has 326 valence electrons. The summed E-state index contributed by atoms with van der Waals surface area (Å²) in [6.07, 6.45) is 6.07. The van der Waals surface area contributed by atoms with Crippen LogP contribution in [0.25, 0.3) is 11.4 Å². The molecule has 4 saturated carbocycles. The van der Waals surface area contributed by atoms with E-state index in [4.69, 9.17) is 9.84 Å². The number of carboxylic acids is 1. The number of Topliss-reactive ketones (excluding diaryl/α,β-unsaturated/α-hetero) is 1. The number of hydrogen-bond donors (Lipinski definition) is 2. The van der Waals surface area contributed by atoms with Crippen molar-refractivity contribution in [2.45, 2.75) is 145 Å². The molecular weight excluding hydrogens is 755 g/mol. The van der Waals surface area contributed by atoms with Crippen LogP contribution in [0.2, 0.25) is 0 Å². The predicted octanol–water partition coefficient (Wildman–Crippen LogP) is 8.81. The lowest BCUT2D eigenvalue weighted by Gasteiger charge is -2.72. The van der Waals surface area contributed by atoms with Gasteiger partial charge in [-0.3, -0.25) is 14.4 Å². The Balaban J connectivity index is 1.23. The third-order valence-corrected chi connectivity index (χ3v) is 17.5. The molecule has 1 aromatic heterocycles. The van der Waals surface area contributed by atoms with Crippen molar-refractivity contribution in [1.29, 1.82) is 5.26 Å². The number of aliphatic hydroxyl groups excluding tert-OH is 1. The van der Waals surface area contributed by atoms with Crippen molar-refractivity contribution >= 4 is 17.7 Å². The van der Waals surface area contributed by atoms with Crippen molar-refractivity contribution in [3.05, 3.63) is 46.8 Å². The summed E-state index contributed by atoms with van der Waals surface area (Å²) in [7, 11) is 4.04. The number of benzene rings is 1. The average Bonchev–Trinajstić information content (AvgIpc) is 3.73. The van der Waals surface area contributed by atoms with Crippen molar-refractivity contribution in [1.82, 2.24) is 19.7 Å². The number of ether oxygens (including phenoxy) is 1. The first-order valence-corrected chi connectivity index (χ1v) is 22.5. The van der Waals surface area contributed by atoms with Crippen LogP contribution in [0.5, 0.6) is 0 Å². The van der Waals surface area contributed by atoms with E-state index >= 15 is 0 Å². The van der Waals surface area contributed by atoms with Gasteiger partial charge in [-0.15, -0.1) is 10.2 Å². The molecule has 5 aliphatic rings. The first-order valence-electron chi connectivity index (χ1n) is 22.5. The number of fused-ring (bicyclic) bond motifs is 7. The standard InChI is InChI=1S/C49H69N5O6/c1-29(2)38-33(55)26-49(40(57)42-52-51-41(54(42)25-24-53(10)11)31-14-12-30(28-50)13-15-31)23-22-47(8)32(39(38)49)16-17-35-46(7)20-19-36(60-37(56)27-44(3,4)43(58)59)45(5,6)34(46)18-21-48(35,47)9/h12-15,29,32,34-36,40,57H,16-27H2,1-11H3,(H,58,59)/t32-,34+,35-,36+,40-,46+,47-,48-,49-/m1/s1. The molecule has 0 aliphatic heterocycles. The number of esters is 1. The smallest absolute Gasteiger partial charge is 0.309 e. The van der Waals surface area contributed by atoms with Crippen molar-refractivity contribution in [3.63, 3.8) is 0 Å². The van der Waals surface area contributed by atoms with E-state index in [1.54, 1.807) is 26.0 Å². The van der Waals surface area contributed by atoms with Crippen LogP contribution in [0.4, 0.5) is 0 Å². The van der Waals surface area contributed by atoms with E-state index in [2.05, 4.69) is 64.5 Å². The Hall–Kier alpha value is -3.88. The highest BCUT2D eigenvalue weighted by molar-refractivity contribution is 6.00. The summed E-state index contributed by atoms with van der Waals surface area (Å²) < 4.78 is 8.23. The van der Waals surface area contributed by atoms with Gasteiger partial charge in [0.15, 0.2) is 17.4 Å². The average molecular weight is 824 g/mol. The third kappa shape index (κ3) is 6.69. The third-order valence-electron chi connectivity index (χ3n) is 17.5. The number of carboxylic acid groups (broad SMARTS) is 1. The zero-order valence-corrected chi connectivity index (χ0v) is 38.0. The highest BCUT2D eigenvalue weighted by Gasteiger charge is 2.71. The number of aliphatic carboxylic acids is 1. The maximum absolute atomic E-state index is 14.5. The molecular formula is C49H69N5O6. The summed E-state index contributed by atoms with van der Waals surface area (Å²) in [6.45, 7) is 20.7. The van der Waals surface area contributed by atoms with Gasteiger partial charge in [0.2, 0.25) is 0 Å². The number of likely N-dealkylation sites (N-methyl/N-ethyl adjacent to an activating group) is 1. The second-order valence-corrected chi connectivity index (χ2v) is 22.0. The van der Waals surface area contributed by atoms with Gasteiger partial charge in [0, 0.05) is 35.9 Å². The minimum Gasteiger partial charge on any atom is -0.481 e. The molecule has 11 nitrogen and oxygen atoms in total. The Morgan fingerprint density at radius 1 is 0.967 bits per heavy atom. The normalized spacial score (nSPS) is 34.0. The number of carbonyl (C=O) groups excluding carboxylic acids is 2. The summed E-state index contributed by atoms with van der Waals surface area (Å²) in [6, 6.07) is 9.51. The summed E-state index contributed by atoms with van der Waals surface area (Å²) in [5.74, 6) is 0.739. The van der Waals surface area contributed by atoms with Gasteiger partial charge in [-0.25, -0.2) is 0 Å². The molecule has 5 aliphatic carbocycles. The van der Waals surface area contributed by atoms with Gasteiger partial charge >= 0.3 is 11.9 Å². The molecule has 60 heavy (non-hydrogen) atoms. The van der Waals surface area contributed by atoms with Gasteiger partial charge in [-0.1, -0.05) is 48.5 Å². The molecule has 4 fully saturated rings. The summed E-state index contributed by atoms with van der Waals surface area (Å²) >= 11 is 0. The number of ketones is 1. The lowest BCUT2D eigenvalue weighted by atomic mass is 9.33. The maximum atomic E-state index is 14.5. The van der Waals surface area contributed by atoms with E-state index in [0.717, 1.165) is 56.1 Å². The molecule has 1 heterocycles. The molecule has 2 N–H and O–H groups in total. The number of nitrogens with zero attached hydrogens (tertiary/aromatic N) is 5. The number of rotatable bonds is 11. The lowest BCUT2D eigenvalue weighted by molar-refractivity contribution is -0.235. The largest absolute Gasteiger partial charge is 0.481 e. The Morgan fingerprint density at radius 3 is 2.27 bits per heavy atom. The van der Waals surface area contributed by atoms with Gasteiger partial charge in [-0.2, -0.15) is 5.26 Å². The molecule has 0 radical (unpaired) electrons. The Kier molecular flexibility index (Phi) is 11.2. The van der Waals surface area contributed by atoms with Crippen LogP contribution in [0.15, 0.2) is 35.4 Å². The fraction of sp³-hybridized carbons (Fsp3) is 0.714. The van der Waals surface area contributed by atoms with Crippen LogP contribution in [-0.4, -0.2) is 74.3 Å². The Morgan fingerprint density at radius 2 is 1.65 bits per heavy atom. The van der Waals surface area contributed by atoms with E-state index in [9.17, 15) is 29.9 Å². The molecule has 0 amide bonds. The molecule has 11 heteroatoms. The van der Waals surface area contributed by atoms with Crippen molar-refractivity contribution in [3.8, 4) is 17.5 Å². The first kappa shape index (κ1) is 44.2. The Labute approximate surface area is 357 Å². The van der Waals surface area contributed by atoms with Gasteiger partial charge < -0.3 is 24.4 Å². The van der Waals surface area contributed by atoms with E-state index < -0.39 is 28.9 Å². The second kappa shape index (κ2) is 15.2. The van der Waals surface area contributed by atoms with Gasteiger partial charge in [0.05, 0.1) is 23.5 Å². The summed E-state index contributed by atoms with van der Waals surface area (Å²) in [5.41, 5.74) is 1.08. The van der Waals surface area contributed by atoms with Crippen LogP contribution in [0.3, 0.4) is 0 Å². The van der Waals surface area contributed by atoms with Crippen molar-refractivity contribution < 1.29 is 29.3 Å². The number of carbonyl (C=O) groups is 3. The fourth-order valence-corrected chi connectivity index (χ4v) is 14.0. The molecule has 9 atom stereocenters. The number of hydrogen-bond acceptors (Lipinski definition) is 9. The first-order chi connectivity index (χ1) is 28.0. The molecule has 0 unspecified atom stereocenters. The minimum absolute atomic E-state index is 0.00717. The summed E-state index contributed by atoms with van der Waals surface area (Å²) in [4.78, 5) is 41.6. The number of aromatic nitrogens is 3. The van der Waals surface area contributed by atoms with Crippen molar-refractivity contribution in [2.24, 2.45) is 56.2 Å². The maximum Gasteiger partial charge on any atom is 0.309 e. The van der Waals surface area contributed by atoms with E-state index in [-0.39, 0.29) is 58.2 Å². The number of nitriles is 1. The van der Waals surface area contributed by atoms with E-state index in [1.165, 1.54) is 5.57 Å². The molecule has 7 rings (SSSR count). The van der Waals surface area contributed by atoms with Crippen LogP contribution in [0, 0.1) is 67.5 Å². The molecule has 2 aromatic rings. The highest BCUT2D eigenvalue weighted by atomic mass is 16.5. The van der Waals surface area contributed by atoms with Crippen LogP contribution in [0.1, 0.15) is 144 Å². The minimum atomic E-state index is -1.19. The topological polar surface area (TPSA) is 159 Å². The molecule has 1 aromatic carbocycles. The van der Waals surface area contributed by atoms with Crippen LogP contribution in [-0.2, 0) is 25.7 Å². The Bertz CT molecular complexity index is 2110.